The molecule has 4 nitrogen and oxygen atoms in total. The summed E-state index contributed by atoms with van der Waals surface area (Å²) in [5, 5.41) is 13.2. The van der Waals surface area contributed by atoms with Crippen molar-refractivity contribution < 1.29 is 14.6 Å². The zero-order valence-corrected chi connectivity index (χ0v) is 14.4. The lowest BCUT2D eigenvalue weighted by atomic mass is 9.93. The number of rotatable bonds is 4. The van der Waals surface area contributed by atoms with E-state index in [4.69, 9.17) is 9.47 Å². The maximum absolute atomic E-state index is 9.58. The van der Waals surface area contributed by atoms with Gasteiger partial charge in [0, 0.05) is 12.6 Å². The van der Waals surface area contributed by atoms with Gasteiger partial charge in [-0.05, 0) is 48.9 Å². The maximum atomic E-state index is 9.58. The number of benzene rings is 2. The van der Waals surface area contributed by atoms with Crippen LogP contribution in [-0.2, 0) is 6.54 Å². The second kappa shape index (κ2) is 7.46. The van der Waals surface area contributed by atoms with Gasteiger partial charge in [-0.1, -0.05) is 36.4 Å². The molecule has 0 saturated heterocycles. The van der Waals surface area contributed by atoms with Crippen LogP contribution in [0.1, 0.15) is 42.9 Å². The van der Waals surface area contributed by atoms with E-state index in [-0.39, 0.29) is 12.2 Å². The van der Waals surface area contributed by atoms with Crippen LogP contribution in [0.4, 0.5) is 0 Å². The molecule has 1 saturated carbocycles. The first kappa shape index (κ1) is 16.4. The Morgan fingerprint density at radius 3 is 2.40 bits per heavy atom. The van der Waals surface area contributed by atoms with Crippen LogP contribution in [0.15, 0.2) is 48.5 Å². The molecule has 1 aliphatic carbocycles. The number of hydrogen-bond donors (Lipinski definition) is 2. The van der Waals surface area contributed by atoms with E-state index >= 15 is 0 Å². The Bertz CT molecular complexity index is 693. The Hall–Kier alpha value is -2.04. The predicted molar refractivity (Wildman–Crippen MR) is 96.9 cm³/mol. The zero-order chi connectivity index (χ0) is 17.1. The molecule has 25 heavy (non-hydrogen) atoms. The van der Waals surface area contributed by atoms with Crippen LogP contribution in [0.25, 0.3) is 0 Å². The Labute approximate surface area is 148 Å². The van der Waals surface area contributed by atoms with Gasteiger partial charge in [0.05, 0.1) is 6.10 Å². The molecule has 2 aromatic carbocycles. The topological polar surface area (TPSA) is 50.7 Å². The summed E-state index contributed by atoms with van der Waals surface area (Å²) in [5.74, 6) is 1.63. The third-order valence-corrected chi connectivity index (χ3v) is 5.15. The maximum Gasteiger partial charge on any atom is 0.162 e. The lowest BCUT2D eigenvalue weighted by molar-refractivity contribution is 0.0913. The van der Waals surface area contributed by atoms with Crippen molar-refractivity contribution in [3.8, 4) is 11.5 Å². The Kier molecular flexibility index (Phi) is 4.90. The molecule has 4 heteroatoms. The van der Waals surface area contributed by atoms with Crippen LogP contribution in [0.5, 0.6) is 11.5 Å². The highest BCUT2D eigenvalue weighted by atomic mass is 16.6. The SMILES string of the molecule is OC1CCC(NCc2ccc([C@H]3COc4ccccc4O3)cc2)CC1. The molecule has 2 aliphatic rings. The van der Waals surface area contributed by atoms with Gasteiger partial charge in [0.2, 0.25) is 0 Å². The van der Waals surface area contributed by atoms with E-state index < -0.39 is 0 Å². The summed E-state index contributed by atoms with van der Waals surface area (Å²) in [6.07, 6.45) is 3.79. The number of nitrogens with one attached hydrogen (secondary N) is 1. The molecule has 1 fully saturated rings. The van der Waals surface area contributed by atoms with E-state index in [1.807, 2.05) is 24.3 Å². The van der Waals surface area contributed by atoms with Crippen molar-refractivity contribution in [3.05, 3.63) is 59.7 Å². The first-order valence-corrected chi connectivity index (χ1v) is 9.17. The van der Waals surface area contributed by atoms with Gasteiger partial charge >= 0.3 is 0 Å². The second-order valence-electron chi connectivity index (χ2n) is 6.99. The van der Waals surface area contributed by atoms with Crippen LogP contribution in [0, 0.1) is 0 Å². The number of fused-ring (bicyclic) bond motifs is 1. The van der Waals surface area contributed by atoms with Crippen LogP contribution >= 0.6 is 0 Å². The van der Waals surface area contributed by atoms with Crippen LogP contribution < -0.4 is 14.8 Å². The largest absolute Gasteiger partial charge is 0.485 e. The smallest absolute Gasteiger partial charge is 0.162 e. The third kappa shape index (κ3) is 3.97. The molecular weight excluding hydrogens is 314 g/mol. The fraction of sp³-hybridized carbons (Fsp3) is 0.429. The van der Waals surface area contributed by atoms with E-state index in [0.29, 0.717) is 12.6 Å². The molecule has 0 amide bonds. The molecule has 0 unspecified atom stereocenters. The average molecular weight is 339 g/mol. The summed E-state index contributed by atoms with van der Waals surface area (Å²) in [6.45, 7) is 1.41. The van der Waals surface area contributed by atoms with E-state index in [0.717, 1.165) is 49.3 Å². The lowest BCUT2D eigenvalue weighted by Crippen LogP contribution is -2.34. The minimum absolute atomic E-state index is 0.0586. The van der Waals surface area contributed by atoms with Crippen molar-refractivity contribution in [2.24, 2.45) is 0 Å². The quantitative estimate of drug-likeness (QED) is 0.894. The van der Waals surface area contributed by atoms with Crippen molar-refractivity contribution in [2.45, 2.75) is 50.5 Å². The van der Waals surface area contributed by atoms with Crippen molar-refractivity contribution in [2.75, 3.05) is 6.61 Å². The normalized spacial score (nSPS) is 25.6. The Balaban J connectivity index is 1.33. The molecule has 4 rings (SSSR count). The minimum atomic E-state index is -0.0971. The van der Waals surface area contributed by atoms with E-state index in [1.165, 1.54) is 5.56 Å². The summed E-state index contributed by atoms with van der Waals surface area (Å²) in [7, 11) is 0. The van der Waals surface area contributed by atoms with E-state index in [2.05, 4.69) is 29.6 Å². The molecule has 2 aromatic rings. The van der Waals surface area contributed by atoms with Gasteiger partial charge in [-0.15, -0.1) is 0 Å². The van der Waals surface area contributed by atoms with Gasteiger partial charge < -0.3 is 19.9 Å². The molecule has 1 aliphatic heterocycles. The fourth-order valence-corrected chi connectivity index (χ4v) is 3.58. The highest BCUT2D eigenvalue weighted by Gasteiger charge is 2.22. The van der Waals surface area contributed by atoms with Crippen LogP contribution in [0.3, 0.4) is 0 Å². The first-order valence-electron chi connectivity index (χ1n) is 9.17. The third-order valence-electron chi connectivity index (χ3n) is 5.15. The number of hydrogen-bond acceptors (Lipinski definition) is 4. The Morgan fingerprint density at radius 1 is 0.920 bits per heavy atom. The van der Waals surface area contributed by atoms with Crippen molar-refractivity contribution in [3.63, 3.8) is 0 Å². The molecule has 1 heterocycles. The molecule has 0 spiro atoms. The highest BCUT2D eigenvalue weighted by Crippen LogP contribution is 2.35. The van der Waals surface area contributed by atoms with Gasteiger partial charge in [-0.2, -0.15) is 0 Å². The van der Waals surface area contributed by atoms with E-state index in [1.54, 1.807) is 0 Å². The fourth-order valence-electron chi connectivity index (χ4n) is 3.58. The number of aliphatic hydroxyl groups excluding tert-OH is 1. The minimum Gasteiger partial charge on any atom is -0.485 e. The van der Waals surface area contributed by atoms with Gasteiger partial charge in [-0.3, -0.25) is 0 Å². The monoisotopic (exact) mass is 339 g/mol. The molecule has 2 N–H and O–H groups in total. The van der Waals surface area contributed by atoms with Crippen molar-refractivity contribution >= 4 is 0 Å². The van der Waals surface area contributed by atoms with Gasteiger partial charge in [0.25, 0.3) is 0 Å². The summed E-state index contributed by atoms with van der Waals surface area (Å²) in [4.78, 5) is 0. The predicted octanol–water partition coefficient (Wildman–Crippen LogP) is 3.59. The van der Waals surface area contributed by atoms with Gasteiger partial charge in [0.15, 0.2) is 17.6 Å². The lowest BCUT2D eigenvalue weighted by Gasteiger charge is -2.27. The average Bonchev–Trinajstić information content (AvgIpc) is 2.68. The van der Waals surface area contributed by atoms with Gasteiger partial charge in [0.1, 0.15) is 6.61 Å². The van der Waals surface area contributed by atoms with Crippen molar-refractivity contribution in [1.82, 2.24) is 5.32 Å². The summed E-state index contributed by atoms with van der Waals surface area (Å²) < 4.78 is 11.9. The number of ether oxygens (including phenoxy) is 2. The standard InChI is InChI=1S/C21H25NO3/c23-18-11-9-17(10-12-18)22-13-15-5-7-16(8-6-15)21-14-24-19-3-1-2-4-20(19)25-21/h1-8,17-18,21-23H,9-14H2/t17?,18?,21-/m1/s1. The number of para-hydroxylation sites is 2. The second-order valence-corrected chi connectivity index (χ2v) is 6.99. The highest BCUT2D eigenvalue weighted by molar-refractivity contribution is 5.41. The van der Waals surface area contributed by atoms with Crippen LogP contribution in [0.2, 0.25) is 0 Å². The molecule has 0 radical (unpaired) electrons. The van der Waals surface area contributed by atoms with E-state index in [9.17, 15) is 5.11 Å². The zero-order valence-electron chi connectivity index (χ0n) is 14.4. The molecular formula is C21H25NO3. The van der Waals surface area contributed by atoms with Crippen molar-refractivity contribution in [1.29, 1.82) is 0 Å². The Morgan fingerprint density at radius 2 is 1.64 bits per heavy atom. The summed E-state index contributed by atoms with van der Waals surface area (Å²) in [6, 6.07) is 16.9. The number of aliphatic hydroxyl groups is 1. The summed E-state index contributed by atoms with van der Waals surface area (Å²) in [5.41, 5.74) is 2.41. The first-order chi connectivity index (χ1) is 12.3. The summed E-state index contributed by atoms with van der Waals surface area (Å²) >= 11 is 0. The molecule has 0 bridgehead atoms. The molecule has 132 valence electrons. The van der Waals surface area contributed by atoms with Gasteiger partial charge in [-0.25, -0.2) is 0 Å². The van der Waals surface area contributed by atoms with Crippen LogP contribution in [-0.4, -0.2) is 23.9 Å². The molecule has 1 atom stereocenters. The molecule has 0 aromatic heterocycles.